The zero-order valence-electron chi connectivity index (χ0n) is 25.3. The predicted octanol–water partition coefficient (Wildman–Crippen LogP) is 5.81. The third-order valence-electron chi connectivity index (χ3n) is 9.54. The van der Waals surface area contributed by atoms with Crippen LogP contribution in [-0.4, -0.2) is 76.1 Å². The van der Waals surface area contributed by atoms with Crippen LogP contribution in [0.2, 0.25) is 0 Å². The topological polar surface area (TPSA) is 102 Å². The molecular formula is C34H35F2N5O4. The first-order valence-corrected chi connectivity index (χ1v) is 15.5. The van der Waals surface area contributed by atoms with Gasteiger partial charge in [0.25, 0.3) is 0 Å². The molecule has 4 aromatic rings. The summed E-state index contributed by atoms with van der Waals surface area (Å²) in [5.41, 5.74) is -0.344. The molecule has 9 nitrogen and oxygen atoms in total. The normalized spacial score (nSPS) is 19.9. The van der Waals surface area contributed by atoms with Gasteiger partial charge < -0.3 is 24.6 Å². The minimum absolute atomic E-state index is 0.0203. The summed E-state index contributed by atoms with van der Waals surface area (Å²) in [5.74, 6) is 1.09. The minimum atomic E-state index is -0.813. The Hall–Kier alpha value is -4.27. The van der Waals surface area contributed by atoms with Gasteiger partial charge in [0.1, 0.15) is 40.6 Å². The van der Waals surface area contributed by atoms with Crippen molar-refractivity contribution in [3.05, 3.63) is 41.5 Å². The molecule has 7 rings (SSSR count). The first-order chi connectivity index (χ1) is 21.8. The Morgan fingerprint density at radius 1 is 1.16 bits per heavy atom. The van der Waals surface area contributed by atoms with Gasteiger partial charge in [0.2, 0.25) is 5.88 Å². The number of fused-ring (bicyclic) bond motifs is 3. The van der Waals surface area contributed by atoms with E-state index in [1.807, 2.05) is 6.92 Å². The van der Waals surface area contributed by atoms with Crippen LogP contribution in [0.25, 0.3) is 32.9 Å². The summed E-state index contributed by atoms with van der Waals surface area (Å²) in [4.78, 5) is 16.3. The van der Waals surface area contributed by atoms with E-state index in [4.69, 9.17) is 25.6 Å². The zero-order valence-corrected chi connectivity index (χ0v) is 25.3. The van der Waals surface area contributed by atoms with Gasteiger partial charge in [-0.05, 0) is 82.1 Å². The number of rotatable bonds is 8. The van der Waals surface area contributed by atoms with Gasteiger partial charge in [-0.1, -0.05) is 12.0 Å². The smallest absolute Gasteiger partial charge is 0.319 e. The lowest BCUT2D eigenvalue weighted by Gasteiger charge is -2.31. The van der Waals surface area contributed by atoms with Crippen molar-refractivity contribution in [2.45, 2.75) is 63.1 Å². The van der Waals surface area contributed by atoms with Gasteiger partial charge in [-0.3, -0.25) is 4.90 Å². The van der Waals surface area contributed by atoms with Gasteiger partial charge in [0.15, 0.2) is 5.82 Å². The molecule has 3 saturated heterocycles. The number of methoxy groups -OCH3 is 1. The number of aromatic hydroxyl groups is 1. The van der Waals surface area contributed by atoms with Gasteiger partial charge in [0.05, 0.1) is 30.4 Å². The largest absolute Gasteiger partial charge is 0.508 e. The molecule has 0 radical (unpaired) electrons. The summed E-state index contributed by atoms with van der Waals surface area (Å²) < 4.78 is 49.6. The van der Waals surface area contributed by atoms with Gasteiger partial charge in [-0.15, -0.1) is 6.42 Å². The summed E-state index contributed by atoms with van der Waals surface area (Å²) in [7, 11) is 1.42. The van der Waals surface area contributed by atoms with Crippen LogP contribution in [-0.2, 0) is 4.74 Å². The third kappa shape index (κ3) is 5.06. The number of nitrogens with zero attached hydrogens (tertiary/aromatic N) is 4. The molecule has 0 aliphatic carbocycles. The minimum Gasteiger partial charge on any atom is -0.508 e. The molecule has 0 amide bonds. The summed E-state index contributed by atoms with van der Waals surface area (Å²) in [6, 6.07) is 5.29. The van der Waals surface area contributed by atoms with Gasteiger partial charge >= 0.3 is 6.01 Å². The van der Waals surface area contributed by atoms with E-state index in [0.29, 0.717) is 24.4 Å². The van der Waals surface area contributed by atoms with Crippen molar-refractivity contribution in [1.82, 2.24) is 19.9 Å². The van der Waals surface area contributed by atoms with Crippen molar-refractivity contribution >= 4 is 27.5 Å². The van der Waals surface area contributed by atoms with E-state index in [2.05, 4.69) is 26.1 Å². The van der Waals surface area contributed by atoms with Crippen molar-refractivity contribution in [3.63, 3.8) is 0 Å². The average Bonchev–Trinajstić information content (AvgIpc) is 3.79. The molecular weight excluding hydrogens is 580 g/mol. The van der Waals surface area contributed by atoms with Crippen LogP contribution in [0.4, 0.5) is 14.6 Å². The summed E-state index contributed by atoms with van der Waals surface area (Å²) in [6.07, 6.45) is 11.7. The molecule has 2 aromatic carbocycles. The number of hydrogen-bond donors (Lipinski definition) is 2. The second-order valence-electron chi connectivity index (χ2n) is 12.2. The molecule has 234 valence electrons. The molecule has 45 heavy (non-hydrogen) atoms. The standard InChI is InChI=1S/C34H35F2N5O4/c1-4-22-24(35)10-9-20-16-21(42)17-23(26(20)22)29-28(36)30-27(32(38-29)43-3)31(37-19(2)25-8-5-15-44-25)40-33(39-30)45-18-34-11-6-13-41(34)14-7-12-34/h1,9-10,16-17,19,25,42H,5-8,11-15,18H2,2-3H3,(H,37,39,40). The molecule has 2 atom stereocenters. The lowest BCUT2D eigenvalue weighted by molar-refractivity contribution is 0.0993. The molecule has 0 bridgehead atoms. The van der Waals surface area contributed by atoms with Gasteiger partial charge in [-0.2, -0.15) is 9.97 Å². The fraction of sp³-hybridized carbons (Fsp3) is 0.441. The Labute approximate surface area is 259 Å². The molecule has 5 heterocycles. The average molecular weight is 616 g/mol. The number of terminal acetylenes is 1. The summed E-state index contributed by atoms with van der Waals surface area (Å²) in [6.45, 7) is 5.12. The highest BCUT2D eigenvalue weighted by molar-refractivity contribution is 6.04. The Kier molecular flexibility index (Phi) is 7.58. The fourth-order valence-corrected chi connectivity index (χ4v) is 7.33. The molecule has 2 unspecified atom stereocenters. The lowest BCUT2D eigenvalue weighted by Crippen LogP contribution is -2.43. The summed E-state index contributed by atoms with van der Waals surface area (Å²) >= 11 is 0. The lowest BCUT2D eigenvalue weighted by atomic mass is 9.95. The van der Waals surface area contributed by atoms with Crippen LogP contribution in [0.15, 0.2) is 24.3 Å². The van der Waals surface area contributed by atoms with E-state index in [-0.39, 0.29) is 68.4 Å². The number of pyridine rings is 1. The number of phenolic OH excluding ortho intramolecular Hbond substituents is 1. The number of halogens is 2. The monoisotopic (exact) mass is 615 g/mol. The van der Waals surface area contributed by atoms with Crippen LogP contribution >= 0.6 is 0 Å². The quantitative estimate of drug-likeness (QED) is 0.238. The van der Waals surface area contributed by atoms with Crippen molar-refractivity contribution in [2.24, 2.45) is 0 Å². The number of benzene rings is 2. The number of anilines is 1. The molecule has 3 aliphatic heterocycles. The van der Waals surface area contributed by atoms with E-state index >= 15 is 4.39 Å². The first-order valence-electron chi connectivity index (χ1n) is 15.5. The highest BCUT2D eigenvalue weighted by Gasteiger charge is 2.45. The number of hydrogen-bond acceptors (Lipinski definition) is 9. The molecule has 0 saturated carbocycles. The van der Waals surface area contributed by atoms with Crippen molar-refractivity contribution in [3.8, 4) is 41.2 Å². The highest BCUT2D eigenvalue weighted by atomic mass is 19.1. The Bertz CT molecular complexity index is 1830. The van der Waals surface area contributed by atoms with Crippen LogP contribution < -0.4 is 14.8 Å². The predicted molar refractivity (Wildman–Crippen MR) is 167 cm³/mol. The van der Waals surface area contributed by atoms with E-state index < -0.39 is 11.6 Å². The second-order valence-corrected chi connectivity index (χ2v) is 12.2. The van der Waals surface area contributed by atoms with E-state index in [1.165, 1.54) is 31.4 Å². The van der Waals surface area contributed by atoms with Crippen molar-refractivity contribution in [2.75, 3.05) is 38.7 Å². The van der Waals surface area contributed by atoms with Crippen LogP contribution in [0.5, 0.6) is 17.6 Å². The molecule has 2 N–H and O–H groups in total. The summed E-state index contributed by atoms with van der Waals surface area (Å²) in [5, 5.41) is 14.9. The van der Waals surface area contributed by atoms with E-state index in [9.17, 15) is 9.50 Å². The number of ether oxygens (including phenoxy) is 3. The van der Waals surface area contributed by atoms with Crippen molar-refractivity contribution in [1.29, 1.82) is 0 Å². The van der Waals surface area contributed by atoms with Gasteiger partial charge in [0, 0.05) is 17.6 Å². The zero-order chi connectivity index (χ0) is 31.3. The Morgan fingerprint density at radius 2 is 1.96 bits per heavy atom. The third-order valence-corrected chi connectivity index (χ3v) is 9.54. The number of nitrogens with one attached hydrogen (secondary N) is 1. The molecule has 3 fully saturated rings. The van der Waals surface area contributed by atoms with Crippen LogP contribution in [0.1, 0.15) is 51.0 Å². The number of phenols is 1. The Morgan fingerprint density at radius 3 is 2.67 bits per heavy atom. The van der Waals surface area contributed by atoms with Crippen LogP contribution in [0, 0.1) is 24.0 Å². The maximum Gasteiger partial charge on any atom is 0.319 e. The van der Waals surface area contributed by atoms with E-state index in [0.717, 1.165) is 51.6 Å². The molecule has 3 aliphatic rings. The maximum atomic E-state index is 16.9. The van der Waals surface area contributed by atoms with Gasteiger partial charge in [-0.25, -0.2) is 13.8 Å². The van der Waals surface area contributed by atoms with Crippen molar-refractivity contribution < 1.29 is 28.1 Å². The fourth-order valence-electron chi connectivity index (χ4n) is 7.33. The molecule has 11 heteroatoms. The second kappa shape index (κ2) is 11.6. The maximum absolute atomic E-state index is 16.9. The van der Waals surface area contributed by atoms with E-state index in [1.54, 1.807) is 0 Å². The highest BCUT2D eigenvalue weighted by Crippen LogP contribution is 2.42. The SMILES string of the molecule is C#Cc1c(F)ccc2cc(O)cc(-c3nc(OC)c4c(NC(C)C5CCCO5)nc(OCC56CCCN5CCC6)nc4c3F)c12. The van der Waals surface area contributed by atoms with Crippen LogP contribution in [0.3, 0.4) is 0 Å². The number of aromatic nitrogens is 3. The first kappa shape index (κ1) is 29.4. The molecule has 0 spiro atoms. The Balaban J connectivity index is 1.41. The molecule has 2 aromatic heterocycles.